The second-order valence-electron chi connectivity index (χ2n) is 4.58. The van der Waals surface area contributed by atoms with Crippen molar-refractivity contribution in [2.75, 3.05) is 6.61 Å². The van der Waals surface area contributed by atoms with Gasteiger partial charge in [-0.25, -0.2) is 4.79 Å². The third-order valence-corrected chi connectivity index (χ3v) is 3.27. The summed E-state index contributed by atoms with van der Waals surface area (Å²) in [6.45, 7) is 5.46. The predicted molar refractivity (Wildman–Crippen MR) is 71.1 cm³/mol. The molecule has 0 aliphatic carbocycles. The average molecular weight is 331 g/mol. The summed E-state index contributed by atoms with van der Waals surface area (Å²) < 4.78 is 16.5. The lowest BCUT2D eigenvalue weighted by atomic mass is 10.1. The smallest absolute Gasteiger partial charge is 0.339 e. The van der Waals surface area contributed by atoms with Crippen LogP contribution in [0.2, 0.25) is 0 Å². The van der Waals surface area contributed by atoms with Gasteiger partial charge in [0.2, 0.25) is 5.79 Å². The zero-order valence-electron chi connectivity index (χ0n) is 10.9. The minimum absolute atomic E-state index is 0.213. The molecular formula is C13H15BrO5. The predicted octanol–water partition coefficient (Wildman–Crippen LogP) is 2.55. The zero-order chi connectivity index (χ0) is 14.2. The molecule has 0 aromatic heterocycles. The molecule has 0 radical (unpaired) electrons. The molecule has 0 saturated heterocycles. The summed E-state index contributed by atoms with van der Waals surface area (Å²) in [6, 6.07) is 3.25. The fourth-order valence-electron chi connectivity index (χ4n) is 1.82. The molecule has 0 fully saturated rings. The third-order valence-electron chi connectivity index (χ3n) is 2.58. The van der Waals surface area contributed by atoms with Gasteiger partial charge in [0.25, 0.3) is 0 Å². The largest absolute Gasteiger partial charge is 0.464 e. The molecule has 1 N–H and O–H groups in total. The molecule has 1 aliphatic rings. The second-order valence-corrected chi connectivity index (χ2v) is 5.43. The van der Waals surface area contributed by atoms with Crippen molar-refractivity contribution in [3.8, 4) is 11.5 Å². The van der Waals surface area contributed by atoms with Gasteiger partial charge in [-0.1, -0.05) is 15.9 Å². The minimum Gasteiger partial charge on any atom is -0.464 e. The van der Waals surface area contributed by atoms with Crippen molar-refractivity contribution < 1.29 is 24.1 Å². The summed E-state index contributed by atoms with van der Waals surface area (Å²) in [6.07, 6.45) is -1.35. The standard InChI is InChI=1S/C13H15BrO5/c1-4-17-12(16)11(15)7-5-9-10(6-8(7)14)19-13(2,3)18-9/h5-6,11,15H,4H2,1-3H3. The van der Waals surface area contributed by atoms with Crippen LogP contribution < -0.4 is 9.47 Å². The molecule has 19 heavy (non-hydrogen) atoms. The molecule has 1 aromatic rings. The minimum atomic E-state index is -1.35. The van der Waals surface area contributed by atoms with Gasteiger partial charge in [0.05, 0.1) is 6.61 Å². The monoisotopic (exact) mass is 330 g/mol. The molecule has 104 valence electrons. The molecule has 5 nitrogen and oxygen atoms in total. The number of carbonyl (C=O) groups excluding carboxylic acids is 1. The number of esters is 1. The van der Waals surface area contributed by atoms with Crippen LogP contribution >= 0.6 is 15.9 Å². The van der Waals surface area contributed by atoms with Crippen molar-refractivity contribution in [3.63, 3.8) is 0 Å². The summed E-state index contributed by atoms with van der Waals surface area (Å²) in [5.41, 5.74) is 0.388. The number of carbonyl (C=O) groups is 1. The fraction of sp³-hybridized carbons (Fsp3) is 0.462. The summed E-state index contributed by atoms with van der Waals surface area (Å²) in [4.78, 5) is 11.6. The number of aliphatic hydroxyl groups excluding tert-OH is 1. The number of ether oxygens (including phenoxy) is 3. The van der Waals surface area contributed by atoms with Gasteiger partial charge >= 0.3 is 5.97 Å². The molecule has 0 bridgehead atoms. The van der Waals surface area contributed by atoms with E-state index in [1.165, 1.54) is 0 Å². The van der Waals surface area contributed by atoms with E-state index < -0.39 is 17.9 Å². The highest BCUT2D eigenvalue weighted by Gasteiger charge is 2.34. The number of benzene rings is 1. The van der Waals surface area contributed by atoms with E-state index >= 15 is 0 Å². The molecule has 1 unspecified atom stereocenters. The molecule has 6 heteroatoms. The van der Waals surface area contributed by atoms with E-state index in [9.17, 15) is 9.90 Å². The fourth-order valence-corrected chi connectivity index (χ4v) is 2.36. The summed E-state index contributed by atoms with van der Waals surface area (Å²) >= 11 is 3.30. The normalized spacial score (nSPS) is 17.1. The highest BCUT2D eigenvalue weighted by Crippen LogP contribution is 2.43. The van der Waals surface area contributed by atoms with Gasteiger partial charge in [-0.2, -0.15) is 0 Å². The van der Waals surface area contributed by atoms with E-state index in [0.29, 0.717) is 21.5 Å². The van der Waals surface area contributed by atoms with Crippen LogP contribution in [-0.4, -0.2) is 23.5 Å². The van der Waals surface area contributed by atoms with Crippen LogP contribution in [0.1, 0.15) is 32.4 Å². The van der Waals surface area contributed by atoms with Crippen LogP contribution in [0.3, 0.4) is 0 Å². The van der Waals surface area contributed by atoms with E-state index in [1.54, 1.807) is 32.9 Å². The quantitative estimate of drug-likeness (QED) is 0.863. The van der Waals surface area contributed by atoms with E-state index in [4.69, 9.17) is 14.2 Å². The Hall–Kier alpha value is -1.27. The number of rotatable bonds is 3. The molecule has 0 amide bonds. The molecule has 1 atom stereocenters. The molecule has 1 aliphatic heterocycles. The lowest BCUT2D eigenvalue weighted by Gasteiger charge is -2.16. The van der Waals surface area contributed by atoms with Gasteiger partial charge in [-0.3, -0.25) is 0 Å². The topological polar surface area (TPSA) is 65.0 Å². The van der Waals surface area contributed by atoms with Gasteiger partial charge in [-0.15, -0.1) is 0 Å². The van der Waals surface area contributed by atoms with Gasteiger partial charge < -0.3 is 19.3 Å². The Kier molecular flexibility index (Phi) is 3.73. The highest BCUT2D eigenvalue weighted by molar-refractivity contribution is 9.10. The van der Waals surface area contributed by atoms with E-state index in [2.05, 4.69) is 15.9 Å². The summed E-state index contributed by atoms with van der Waals surface area (Å²) in [5, 5.41) is 9.96. The lowest BCUT2D eigenvalue weighted by Crippen LogP contribution is -2.29. The maximum absolute atomic E-state index is 11.6. The van der Waals surface area contributed by atoms with Crippen molar-refractivity contribution in [2.24, 2.45) is 0 Å². The maximum atomic E-state index is 11.6. The van der Waals surface area contributed by atoms with E-state index in [0.717, 1.165) is 0 Å². The molecule has 2 rings (SSSR count). The lowest BCUT2D eigenvalue weighted by molar-refractivity contribution is -0.153. The highest BCUT2D eigenvalue weighted by atomic mass is 79.9. The van der Waals surface area contributed by atoms with Crippen LogP contribution in [0.15, 0.2) is 16.6 Å². The van der Waals surface area contributed by atoms with Crippen molar-refractivity contribution in [1.29, 1.82) is 0 Å². The number of halogens is 1. The van der Waals surface area contributed by atoms with Crippen LogP contribution in [0.5, 0.6) is 11.5 Å². The number of hydrogen-bond acceptors (Lipinski definition) is 5. The van der Waals surface area contributed by atoms with E-state index in [-0.39, 0.29) is 6.61 Å². The van der Waals surface area contributed by atoms with E-state index in [1.807, 2.05) is 0 Å². The van der Waals surface area contributed by atoms with Gasteiger partial charge in [0, 0.05) is 23.9 Å². The zero-order valence-corrected chi connectivity index (χ0v) is 12.5. The maximum Gasteiger partial charge on any atom is 0.339 e. The third kappa shape index (κ3) is 2.84. The van der Waals surface area contributed by atoms with Crippen molar-refractivity contribution in [1.82, 2.24) is 0 Å². The van der Waals surface area contributed by atoms with Gasteiger partial charge in [0.15, 0.2) is 17.6 Å². The van der Waals surface area contributed by atoms with Gasteiger partial charge in [0.1, 0.15) is 0 Å². The second kappa shape index (κ2) is 5.02. The first-order chi connectivity index (χ1) is 8.84. The Morgan fingerprint density at radius 3 is 2.58 bits per heavy atom. The van der Waals surface area contributed by atoms with Crippen LogP contribution in [0, 0.1) is 0 Å². The van der Waals surface area contributed by atoms with Crippen molar-refractivity contribution in [3.05, 3.63) is 22.2 Å². The Morgan fingerprint density at radius 2 is 2.00 bits per heavy atom. The average Bonchev–Trinajstić information content (AvgIpc) is 2.60. The Bertz CT molecular complexity index is 512. The molecule has 1 aromatic carbocycles. The van der Waals surface area contributed by atoms with Crippen LogP contribution in [0.4, 0.5) is 0 Å². The number of fused-ring (bicyclic) bond motifs is 1. The first kappa shape index (κ1) is 14.1. The molecular weight excluding hydrogens is 316 g/mol. The Morgan fingerprint density at radius 1 is 1.42 bits per heavy atom. The van der Waals surface area contributed by atoms with Crippen LogP contribution in [0.25, 0.3) is 0 Å². The first-order valence-corrected chi connectivity index (χ1v) is 6.69. The van der Waals surface area contributed by atoms with Gasteiger partial charge in [-0.05, 0) is 19.1 Å². The Labute approximate surface area is 119 Å². The number of aliphatic hydroxyl groups is 1. The van der Waals surface area contributed by atoms with Crippen molar-refractivity contribution >= 4 is 21.9 Å². The summed E-state index contributed by atoms with van der Waals surface area (Å²) in [5.74, 6) is -0.389. The molecule has 0 spiro atoms. The summed E-state index contributed by atoms with van der Waals surface area (Å²) in [7, 11) is 0. The van der Waals surface area contributed by atoms with Crippen LogP contribution in [-0.2, 0) is 9.53 Å². The van der Waals surface area contributed by atoms with Crippen molar-refractivity contribution in [2.45, 2.75) is 32.7 Å². The Balaban J connectivity index is 2.32. The first-order valence-electron chi connectivity index (χ1n) is 5.90. The molecule has 0 saturated carbocycles. The molecule has 1 heterocycles. The SMILES string of the molecule is CCOC(=O)C(O)c1cc2c(cc1Br)OC(C)(C)O2. The number of hydrogen-bond donors (Lipinski definition) is 1.